The highest BCUT2D eigenvalue weighted by molar-refractivity contribution is 6.08. The van der Waals surface area contributed by atoms with Crippen molar-refractivity contribution >= 4 is 11.6 Å². The van der Waals surface area contributed by atoms with Gasteiger partial charge in [0, 0.05) is 24.8 Å². The number of nitrogens with zero attached hydrogens (tertiary/aromatic N) is 5. The lowest BCUT2D eigenvalue weighted by atomic mass is 10.1. The zero-order chi connectivity index (χ0) is 16.5. The number of aromatic nitrogens is 4. The van der Waals surface area contributed by atoms with E-state index in [1.54, 1.807) is 58.6 Å². The minimum Gasteiger partial charge on any atom is -0.471 e. The summed E-state index contributed by atoms with van der Waals surface area (Å²) >= 11 is 0. The summed E-state index contributed by atoms with van der Waals surface area (Å²) in [5, 5.41) is 4.18. The Morgan fingerprint density at radius 3 is 2.83 bits per heavy atom. The molecule has 0 aliphatic carbocycles. The van der Waals surface area contributed by atoms with Gasteiger partial charge in [0.2, 0.25) is 5.88 Å². The highest BCUT2D eigenvalue weighted by atomic mass is 16.5. The molecule has 4 rings (SSSR count). The summed E-state index contributed by atoms with van der Waals surface area (Å²) in [6.07, 6.45) is 6.57. The summed E-state index contributed by atoms with van der Waals surface area (Å²) in [4.78, 5) is 23.4. The lowest BCUT2D eigenvalue weighted by Crippen LogP contribution is -2.43. The Balaban J connectivity index is 1.78. The van der Waals surface area contributed by atoms with Crippen molar-refractivity contribution in [3.05, 3.63) is 60.7 Å². The third kappa shape index (κ3) is 2.40. The first-order valence-corrected chi connectivity index (χ1v) is 7.62. The first-order valence-electron chi connectivity index (χ1n) is 7.62. The maximum Gasteiger partial charge on any atom is 0.262 e. The van der Waals surface area contributed by atoms with Gasteiger partial charge in [0.1, 0.15) is 11.8 Å². The van der Waals surface area contributed by atoms with Crippen molar-refractivity contribution in [3.8, 4) is 11.7 Å². The molecule has 1 aliphatic heterocycles. The van der Waals surface area contributed by atoms with Gasteiger partial charge in [-0.2, -0.15) is 5.10 Å². The van der Waals surface area contributed by atoms with Crippen molar-refractivity contribution in [1.82, 2.24) is 19.7 Å². The largest absolute Gasteiger partial charge is 0.471 e. The van der Waals surface area contributed by atoms with Crippen molar-refractivity contribution in [2.45, 2.75) is 13.0 Å². The SMILES string of the molecule is CC1CN(C(=O)c2cccnc2-n2cccn2)c2cccnc2O1. The van der Waals surface area contributed by atoms with E-state index in [0.29, 0.717) is 29.5 Å². The smallest absolute Gasteiger partial charge is 0.262 e. The summed E-state index contributed by atoms with van der Waals surface area (Å²) in [5.41, 5.74) is 1.14. The monoisotopic (exact) mass is 321 g/mol. The molecular formula is C17H15N5O2. The van der Waals surface area contributed by atoms with Crippen LogP contribution in [0.2, 0.25) is 0 Å². The van der Waals surface area contributed by atoms with Gasteiger partial charge in [-0.1, -0.05) is 0 Å². The predicted molar refractivity (Wildman–Crippen MR) is 87.4 cm³/mol. The van der Waals surface area contributed by atoms with E-state index in [1.807, 2.05) is 13.0 Å². The van der Waals surface area contributed by atoms with E-state index in [0.717, 1.165) is 0 Å². The highest BCUT2D eigenvalue weighted by Gasteiger charge is 2.30. The van der Waals surface area contributed by atoms with Crippen LogP contribution >= 0.6 is 0 Å². The summed E-state index contributed by atoms with van der Waals surface area (Å²) < 4.78 is 7.30. The van der Waals surface area contributed by atoms with Crippen LogP contribution in [0.5, 0.6) is 5.88 Å². The molecule has 1 aliphatic rings. The Morgan fingerprint density at radius 2 is 2.00 bits per heavy atom. The fraction of sp³-hybridized carbons (Fsp3) is 0.176. The number of rotatable bonds is 2. The van der Waals surface area contributed by atoms with Crippen LogP contribution in [-0.2, 0) is 0 Å². The van der Waals surface area contributed by atoms with Gasteiger partial charge >= 0.3 is 0 Å². The Kier molecular flexibility index (Phi) is 3.45. The third-order valence-corrected chi connectivity index (χ3v) is 3.78. The molecule has 4 heterocycles. The summed E-state index contributed by atoms with van der Waals surface area (Å²) in [6.45, 7) is 2.36. The molecule has 3 aromatic rings. The quantitative estimate of drug-likeness (QED) is 0.722. The molecule has 0 spiro atoms. The average Bonchev–Trinajstić information content (AvgIpc) is 3.15. The zero-order valence-corrected chi connectivity index (χ0v) is 13.0. The number of ether oxygens (including phenoxy) is 1. The lowest BCUT2D eigenvalue weighted by Gasteiger charge is -2.32. The van der Waals surface area contributed by atoms with E-state index in [9.17, 15) is 4.79 Å². The number of anilines is 1. The van der Waals surface area contributed by atoms with Crippen molar-refractivity contribution in [3.63, 3.8) is 0 Å². The predicted octanol–water partition coefficient (Wildman–Crippen LogP) is 2.09. The van der Waals surface area contributed by atoms with Gasteiger partial charge in [0.15, 0.2) is 5.82 Å². The number of pyridine rings is 2. The van der Waals surface area contributed by atoms with Gasteiger partial charge in [-0.25, -0.2) is 14.6 Å². The number of carbonyl (C=O) groups is 1. The second-order valence-corrected chi connectivity index (χ2v) is 5.50. The number of hydrogen-bond donors (Lipinski definition) is 0. The van der Waals surface area contributed by atoms with E-state index in [4.69, 9.17) is 4.74 Å². The van der Waals surface area contributed by atoms with Gasteiger partial charge in [0.05, 0.1) is 12.1 Å². The Labute approximate surface area is 138 Å². The number of fused-ring (bicyclic) bond motifs is 1. The molecule has 0 N–H and O–H groups in total. The van der Waals surface area contributed by atoms with Crippen LogP contribution in [0.4, 0.5) is 5.69 Å². The molecule has 1 atom stereocenters. The van der Waals surface area contributed by atoms with Crippen molar-refractivity contribution in [2.24, 2.45) is 0 Å². The minimum absolute atomic E-state index is 0.138. The van der Waals surface area contributed by atoms with Crippen LogP contribution < -0.4 is 9.64 Å². The molecule has 0 aromatic carbocycles. The second kappa shape index (κ2) is 5.77. The average molecular weight is 321 g/mol. The standard InChI is InChI=1S/C17H15N5O2/c1-12-11-21(14-6-3-8-19-16(14)24-12)17(23)13-5-2-7-18-15(13)22-10-4-9-20-22/h2-10,12H,11H2,1H3. The first-order chi connectivity index (χ1) is 11.7. The number of carbonyl (C=O) groups excluding carboxylic acids is 1. The molecule has 3 aromatic heterocycles. The third-order valence-electron chi connectivity index (χ3n) is 3.78. The van der Waals surface area contributed by atoms with Crippen molar-refractivity contribution in [2.75, 3.05) is 11.4 Å². The maximum atomic E-state index is 13.2. The molecular weight excluding hydrogens is 306 g/mol. The van der Waals surface area contributed by atoms with Crippen molar-refractivity contribution in [1.29, 1.82) is 0 Å². The van der Waals surface area contributed by atoms with Crippen LogP contribution in [0.3, 0.4) is 0 Å². The maximum absolute atomic E-state index is 13.2. The van der Waals surface area contributed by atoms with Crippen LogP contribution in [0.1, 0.15) is 17.3 Å². The molecule has 0 saturated heterocycles. The van der Waals surface area contributed by atoms with Gasteiger partial charge in [-0.05, 0) is 37.3 Å². The summed E-state index contributed by atoms with van der Waals surface area (Å²) in [7, 11) is 0. The zero-order valence-electron chi connectivity index (χ0n) is 13.0. The van der Waals surface area contributed by atoms with Gasteiger partial charge in [0.25, 0.3) is 5.91 Å². The van der Waals surface area contributed by atoms with Gasteiger partial charge in [-0.3, -0.25) is 9.69 Å². The summed E-state index contributed by atoms with van der Waals surface area (Å²) in [5.74, 6) is 0.809. The van der Waals surface area contributed by atoms with E-state index in [-0.39, 0.29) is 12.0 Å². The fourth-order valence-electron chi connectivity index (χ4n) is 2.74. The molecule has 7 heteroatoms. The Hall–Kier alpha value is -3.22. The second-order valence-electron chi connectivity index (χ2n) is 5.50. The number of amides is 1. The highest BCUT2D eigenvalue weighted by Crippen LogP contribution is 2.32. The Bertz CT molecular complexity index is 878. The minimum atomic E-state index is -0.155. The molecule has 7 nitrogen and oxygen atoms in total. The van der Waals surface area contributed by atoms with Crippen LogP contribution in [0.25, 0.3) is 5.82 Å². The normalized spacial score (nSPS) is 16.4. The van der Waals surface area contributed by atoms with E-state index >= 15 is 0 Å². The van der Waals surface area contributed by atoms with Crippen LogP contribution in [-0.4, -0.2) is 38.3 Å². The number of hydrogen-bond acceptors (Lipinski definition) is 5. The topological polar surface area (TPSA) is 73.1 Å². The molecule has 120 valence electrons. The van der Waals surface area contributed by atoms with Gasteiger partial charge in [-0.15, -0.1) is 0 Å². The van der Waals surface area contributed by atoms with Gasteiger partial charge < -0.3 is 4.74 Å². The molecule has 0 fully saturated rings. The molecule has 0 saturated carbocycles. The molecule has 1 unspecified atom stereocenters. The Morgan fingerprint density at radius 1 is 1.17 bits per heavy atom. The lowest BCUT2D eigenvalue weighted by molar-refractivity contribution is 0.0958. The molecule has 0 bridgehead atoms. The van der Waals surface area contributed by atoms with E-state index in [1.165, 1.54) is 0 Å². The molecule has 0 radical (unpaired) electrons. The summed E-state index contributed by atoms with van der Waals surface area (Å²) in [6, 6.07) is 8.90. The first kappa shape index (κ1) is 14.4. The van der Waals surface area contributed by atoms with Crippen LogP contribution in [0, 0.1) is 0 Å². The van der Waals surface area contributed by atoms with E-state index in [2.05, 4.69) is 15.1 Å². The van der Waals surface area contributed by atoms with Crippen molar-refractivity contribution < 1.29 is 9.53 Å². The molecule has 1 amide bonds. The van der Waals surface area contributed by atoms with E-state index < -0.39 is 0 Å². The fourth-order valence-corrected chi connectivity index (χ4v) is 2.74. The van der Waals surface area contributed by atoms with Crippen LogP contribution in [0.15, 0.2) is 55.1 Å². The molecule has 24 heavy (non-hydrogen) atoms.